The minimum absolute atomic E-state index is 0.608. The first-order valence-electron chi connectivity index (χ1n) is 4.16. The summed E-state index contributed by atoms with van der Waals surface area (Å²) >= 11 is 10.5. The molecule has 0 aliphatic rings. The quantitative estimate of drug-likeness (QED) is 0.940. The Bertz CT molecular complexity index is 511. The van der Waals surface area contributed by atoms with E-state index in [1.165, 1.54) is 11.7 Å². The molecule has 0 bridgehead atoms. The second kappa shape index (κ2) is 4.47. The van der Waals surface area contributed by atoms with E-state index in [1.54, 1.807) is 0 Å². The maximum Gasteiger partial charge on any atom is 0.129 e. The van der Waals surface area contributed by atoms with Crippen LogP contribution < -0.4 is 5.32 Å². The van der Waals surface area contributed by atoms with Crippen LogP contribution in [-0.4, -0.2) is 15.3 Å². The third-order valence-electron chi connectivity index (χ3n) is 1.83. The molecule has 0 aliphatic carbocycles. The number of rotatable bonds is 3. The topological polar surface area (TPSA) is 37.8 Å². The minimum atomic E-state index is 0.608. The number of nitrogens with zero attached hydrogens (tertiary/aromatic N) is 2. The summed E-state index contributed by atoms with van der Waals surface area (Å²) in [4.78, 5) is 0. The van der Waals surface area contributed by atoms with Crippen LogP contribution in [-0.2, 0) is 0 Å². The molecule has 0 saturated carbocycles. The molecular formula is C9H7BrClN3S. The maximum absolute atomic E-state index is 6.07. The molecule has 6 heteroatoms. The third kappa shape index (κ3) is 2.30. The molecule has 0 unspecified atom stereocenters. The van der Waals surface area contributed by atoms with Crippen molar-refractivity contribution in [2.75, 3.05) is 11.9 Å². The van der Waals surface area contributed by atoms with Gasteiger partial charge >= 0.3 is 0 Å². The lowest BCUT2D eigenvalue weighted by molar-refractivity contribution is 1.33. The van der Waals surface area contributed by atoms with Crippen molar-refractivity contribution in [3.63, 3.8) is 0 Å². The smallest absolute Gasteiger partial charge is 0.129 e. The van der Waals surface area contributed by atoms with Crippen molar-refractivity contribution in [2.45, 2.75) is 0 Å². The largest absolute Gasteiger partial charge is 0.377 e. The predicted octanol–water partition coefficient (Wildman–Crippen LogP) is 3.67. The SMILES string of the molecule is C=C(Br)CNc1c(Cl)ccc2nsnc12. The summed E-state index contributed by atoms with van der Waals surface area (Å²) in [6.45, 7) is 4.35. The minimum Gasteiger partial charge on any atom is -0.377 e. The fraction of sp³-hybridized carbons (Fsp3) is 0.111. The highest BCUT2D eigenvalue weighted by Crippen LogP contribution is 2.30. The number of benzene rings is 1. The Morgan fingerprint density at radius 3 is 3.07 bits per heavy atom. The van der Waals surface area contributed by atoms with Crippen molar-refractivity contribution in [3.8, 4) is 0 Å². The first kappa shape index (κ1) is 10.9. The number of fused-ring (bicyclic) bond motifs is 1. The van der Waals surface area contributed by atoms with Crippen molar-refractivity contribution in [1.29, 1.82) is 0 Å². The van der Waals surface area contributed by atoms with E-state index in [2.05, 4.69) is 36.6 Å². The monoisotopic (exact) mass is 303 g/mol. The van der Waals surface area contributed by atoms with E-state index in [-0.39, 0.29) is 0 Å². The van der Waals surface area contributed by atoms with Gasteiger partial charge in [-0.1, -0.05) is 34.1 Å². The number of hydrogen-bond donors (Lipinski definition) is 1. The average molecular weight is 305 g/mol. The van der Waals surface area contributed by atoms with Crippen molar-refractivity contribution in [1.82, 2.24) is 8.75 Å². The summed E-state index contributed by atoms with van der Waals surface area (Å²) in [5.74, 6) is 0. The van der Waals surface area contributed by atoms with Crippen molar-refractivity contribution < 1.29 is 0 Å². The van der Waals surface area contributed by atoms with E-state index in [0.29, 0.717) is 11.6 Å². The normalized spacial score (nSPS) is 10.5. The molecule has 78 valence electrons. The van der Waals surface area contributed by atoms with Crippen molar-refractivity contribution >= 4 is 56.0 Å². The molecule has 3 nitrogen and oxygen atoms in total. The van der Waals surface area contributed by atoms with E-state index in [0.717, 1.165) is 21.2 Å². The molecule has 0 atom stereocenters. The Labute approximate surface area is 105 Å². The second-order valence-corrected chi connectivity index (χ2v) is 4.98. The molecule has 15 heavy (non-hydrogen) atoms. The highest BCUT2D eigenvalue weighted by molar-refractivity contribution is 9.11. The van der Waals surface area contributed by atoms with Crippen LogP contribution in [0.2, 0.25) is 5.02 Å². The number of nitrogens with one attached hydrogen (secondary N) is 1. The first-order chi connectivity index (χ1) is 7.18. The third-order valence-corrected chi connectivity index (χ3v) is 2.97. The molecule has 1 aromatic carbocycles. The zero-order valence-corrected chi connectivity index (χ0v) is 10.8. The number of anilines is 1. The van der Waals surface area contributed by atoms with E-state index in [1.807, 2.05) is 12.1 Å². The molecule has 2 rings (SSSR count). The van der Waals surface area contributed by atoms with Gasteiger partial charge in [0, 0.05) is 11.0 Å². The number of halogens is 2. The summed E-state index contributed by atoms with van der Waals surface area (Å²) in [7, 11) is 0. The van der Waals surface area contributed by atoms with E-state index >= 15 is 0 Å². The van der Waals surface area contributed by atoms with Gasteiger partial charge in [0.2, 0.25) is 0 Å². The highest BCUT2D eigenvalue weighted by Gasteiger charge is 2.09. The van der Waals surface area contributed by atoms with Gasteiger partial charge in [-0.3, -0.25) is 0 Å². The molecule has 0 radical (unpaired) electrons. The Hall–Kier alpha value is -0.650. The standard InChI is InChI=1S/C9H7BrClN3S/c1-5(10)4-12-8-6(11)2-3-7-9(8)14-15-13-7/h2-3,12H,1,4H2. The summed E-state index contributed by atoms with van der Waals surface area (Å²) in [5, 5.41) is 3.81. The van der Waals surface area contributed by atoms with Gasteiger partial charge in [-0.25, -0.2) is 0 Å². The van der Waals surface area contributed by atoms with Crippen LogP contribution >= 0.6 is 39.3 Å². The van der Waals surface area contributed by atoms with Gasteiger partial charge in [-0.15, -0.1) is 0 Å². The molecule has 0 fully saturated rings. The summed E-state index contributed by atoms with van der Waals surface area (Å²) in [6, 6.07) is 3.67. The summed E-state index contributed by atoms with van der Waals surface area (Å²) in [6.07, 6.45) is 0. The number of aromatic nitrogens is 2. The van der Waals surface area contributed by atoms with E-state index < -0.39 is 0 Å². The van der Waals surface area contributed by atoms with E-state index in [9.17, 15) is 0 Å². The number of hydrogen-bond acceptors (Lipinski definition) is 4. The molecule has 0 saturated heterocycles. The van der Waals surface area contributed by atoms with E-state index in [4.69, 9.17) is 11.6 Å². The van der Waals surface area contributed by atoms with Crippen LogP contribution in [0, 0.1) is 0 Å². The zero-order valence-electron chi connectivity index (χ0n) is 7.63. The van der Waals surface area contributed by atoms with Gasteiger partial charge in [-0.2, -0.15) is 8.75 Å². The van der Waals surface area contributed by atoms with Crippen LogP contribution in [0.3, 0.4) is 0 Å². The van der Waals surface area contributed by atoms with Gasteiger partial charge in [0.05, 0.1) is 22.4 Å². The van der Waals surface area contributed by atoms with Crippen LogP contribution in [0.15, 0.2) is 23.2 Å². The second-order valence-electron chi connectivity index (χ2n) is 2.93. The predicted molar refractivity (Wildman–Crippen MR) is 69.0 cm³/mol. The fourth-order valence-electron chi connectivity index (χ4n) is 1.18. The lowest BCUT2D eigenvalue weighted by Crippen LogP contribution is -2.01. The average Bonchev–Trinajstić information content (AvgIpc) is 2.63. The Kier molecular flexibility index (Phi) is 3.23. The Morgan fingerprint density at radius 1 is 1.53 bits per heavy atom. The van der Waals surface area contributed by atoms with Gasteiger partial charge in [0.15, 0.2) is 0 Å². The van der Waals surface area contributed by atoms with Gasteiger partial charge < -0.3 is 5.32 Å². The van der Waals surface area contributed by atoms with Crippen LogP contribution in [0.4, 0.5) is 5.69 Å². The maximum atomic E-state index is 6.07. The van der Waals surface area contributed by atoms with Crippen LogP contribution in [0.25, 0.3) is 11.0 Å². The lowest BCUT2D eigenvalue weighted by atomic mass is 10.2. The molecule has 0 spiro atoms. The molecule has 0 aliphatic heterocycles. The van der Waals surface area contributed by atoms with Crippen LogP contribution in [0.1, 0.15) is 0 Å². The first-order valence-corrected chi connectivity index (χ1v) is 6.06. The Morgan fingerprint density at radius 2 is 2.33 bits per heavy atom. The van der Waals surface area contributed by atoms with Crippen molar-refractivity contribution in [2.24, 2.45) is 0 Å². The lowest BCUT2D eigenvalue weighted by Gasteiger charge is -2.07. The molecule has 2 aromatic rings. The Balaban J connectivity index is 2.42. The summed E-state index contributed by atoms with van der Waals surface area (Å²) < 4.78 is 9.20. The van der Waals surface area contributed by atoms with Crippen LogP contribution in [0.5, 0.6) is 0 Å². The molecule has 0 amide bonds. The highest BCUT2D eigenvalue weighted by atomic mass is 79.9. The molecule has 1 aromatic heterocycles. The van der Waals surface area contributed by atoms with Gasteiger partial charge in [-0.05, 0) is 12.1 Å². The molecule has 1 N–H and O–H groups in total. The molecular weight excluding hydrogens is 298 g/mol. The molecule has 1 heterocycles. The fourth-order valence-corrected chi connectivity index (χ4v) is 2.08. The van der Waals surface area contributed by atoms with Gasteiger partial charge in [0.1, 0.15) is 11.0 Å². The zero-order chi connectivity index (χ0) is 10.8. The van der Waals surface area contributed by atoms with Crippen molar-refractivity contribution in [3.05, 3.63) is 28.2 Å². The van der Waals surface area contributed by atoms with Gasteiger partial charge in [0.25, 0.3) is 0 Å². The summed E-state index contributed by atoms with van der Waals surface area (Å²) in [5.41, 5.74) is 2.47.